The molecule has 7 unspecified atom stereocenters. The van der Waals surface area contributed by atoms with Gasteiger partial charge in [0.15, 0.2) is 0 Å². The summed E-state index contributed by atoms with van der Waals surface area (Å²) in [4.78, 5) is 35.6. The Morgan fingerprint density at radius 3 is 2.51 bits per heavy atom. The number of cyclic esters (lactones) is 1. The van der Waals surface area contributed by atoms with Crippen molar-refractivity contribution in [3.05, 3.63) is 36.0 Å². The number of esters is 1. The van der Waals surface area contributed by atoms with Crippen LogP contribution in [-0.2, 0) is 23.8 Å². The first-order valence-electron chi connectivity index (χ1n) is 13.5. The highest BCUT2D eigenvalue weighted by atomic mass is 16.6. The first-order chi connectivity index (χ1) is 17.6. The van der Waals surface area contributed by atoms with E-state index in [1.165, 1.54) is 0 Å². The number of allylic oxidation sites excluding steroid dienone is 5. The lowest BCUT2D eigenvalue weighted by Gasteiger charge is -2.27. The monoisotopic (exact) mass is 521 g/mol. The van der Waals surface area contributed by atoms with Gasteiger partial charge in [0.1, 0.15) is 18.3 Å². The summed E-state index contributed by atoms with van der Waals surface area (Å²) >= 11 is 0. The first kappa shape index (κ1) is 32.4. The Labute approximate surface area is 222 Å². The Balaban J connectivity index is 3.15. The number of hydrogen-bond donors (Lipinski definition) is 2. The van der Waals surface area contributed by atoms with Gasteiger partial charge in [-0.25, -0.2) is 4.79 Å². The van der Waals surface area contributed by atoms with E-state index < -0.39 is 36.3 Å². The summed E-state index contributed by atoms with van der Waals surface area (Å²) in [7, 11) is 0. The van der Waals surface area contributed by atoms with E-state index in [2.05, 4.69) is 26.0 Å². The molecule has 0 bridgehead atoms. The SMILES string of the molecule is CC/C=C/C(C)=C/C1CC(C)C/C=C/CCC(OC=O)C(OC(N)=O)CCC(C)CC(O)C(C)C(=O)O1. The van der Waals surface area contributed by atoms with Crippen molar-refractivity contribution in [2.24, 2.45) is 23.5 Å². The zero-order valence-electron chi connectivity index (χ0n) is 23.1. The lowest BCUT2D eigenvalue weighted by molar-refractivity contribution is -0.156. The molecule has 0 radical (unpaired) electrons. The van der Waals surface area contributed by atoms with Crippen LogP contribution >= 0.6 is 0 Å². The highest BCUT2D eigenvalue weighted by Gasteiger charge is 2.30. The predicted molar refractivity (Wildman–Crippen MR) is 143 cm³/mol. The molecule has 8 heteroatoms. The molecule has 0 aromatic carbocycles. The maximum atomic E-state index is 13.0. The Hall–Kier alpha value is -2.61. The lowest BCUT2D eigenvalue weighted by atomic mass is 9.90. The van der Waals surface area contributed by atoms with Gasteiger partial charge in [-0.1, -0.05) is 50.6 Å². The van der Waals surface area contributed by atoms with Crippen LogP contribution in [0.25, 0.3) is 0 Å². The van der Waals surface area contributed by atoms with E-state index in [1.54, 1.807) is 6.92 Å². The van der Waals surface area contributed by atoms with Crippen molar-refractivity contribution >= 4 is 18.5 Å². The van der Waals surface area contributed by atoms with Gasteiger partial charge in [-0.15, -0.1) is 0 Å². The summed E-state index contributed by atoms with van der Waals surface area (Å²) in [5.41, 5.74) is 6.29. The molecule has 1 amide bonds. The number of rotatable bonds is 6. The van der Waals surface area contributed by atoms with E-state index in [0.717, 1.165) is 18.4 Å². The standard InChI is InChI=1S/C29H47NO7/c1-6-7-11-20(2)16-24-17-21(3)12-9-8-10-13-26(35-19-31)27(37-29(30)34)15-14-22(4)18-25(32)23(5)28(33)36-24/h7-9,11,16,19,21-27,32H,6,10,12-15,17-18H2,1-5H3,(H2,30,34)/b9-8+,11-7+,20-16+. The van der Waals surface area contributed by atoms with Gasteiger partial charge in [-0.2, -0.15) is 0 Å². The summed E-state index contributed by atoms with van der Waals surface area (Å²) in [5, 5.41) is 10.8. The van der Waals surface area contributed by atoms with Gasteiger partial charge >= 0.3 is 12.1 Å². The second-order valence-corrected chi connectivity index (χ2v) is 10.3. The van der Waals surface area contributed by atoms with Gasteiger partial charge < -0.3 is 25.1 Å². The molecule has 210 valence electrons. The normalized spacial score (nSPS) is 32.5. The third-order valence-electron chi connectivity index (χ3n) is 6.74. The van der Waals surface area contributed by atoms with E-state index in [1.807, 2.05) is 32.1 Å². The van der Waals surface area contributed by atoms with Gasteiger partial charge in [0.25, 0.3) is 6.47 Å². The summed E-state index contributed by atoms with van der Waals surface area (Å²) < 4.78 is 16.4. The van der Waals surface area contributed by atoms with Crippen molar-refractivity contribution in [2.75, 3.05) is 0 Å². The van der Waals surface area contributed by atoms with Crippen molar-refractivity contribution in [3.8, 4) is 0 Å². The molecule has 8 nitrogen and oxygen atoms in total. The Bertz CT molecular complexity index is 791. The maximum Gasteiger partial charge on any atom is 0.404 e. The zero-order valence-corrected chi connectivity index (χ0v) is 23.1. The predicted octanol–water partition coefficient (Wildman–Crippen LogP) is 5.39. The van der Waals surface area contributed by atoms with Crippen LogP contribution in [0.15, 0.2) is 36.0 Å². The van der Waals surface area contributed by atoms with Crippen LogP contribution in [0.4, 0.5) is 4.79 Å². The number of ether oxygens (including phenoxy) is 3. The smallest absolute Gasteiger partial charge is 0.404 e. The average molecular weight is 522 g/mol. The van der Waals surface area contributed by atoms with Crippen LogP contribution in [-0.4, -0.2) is 48.1 Å². The molecule has 3 N–H and O–H groups in total. The summed E-state index contributed by atoms with van der Waals surface area (Å²) in [6.45, 7) is 10.2. The quantitative estimate of drug-likeness (QED) is 0.158. The summed E-state index contributed by atoms with van der Waals surface area (Å²) in [6, 6.07) is 0. The van der Waals surface area contributed by atoms with E-state index in [-0.39, 0.29) is 17.9 Å². The van der Waals surface area contributed by atoms with E-state index in [0.29, 0.717) is 45.0 Å². The van der Waals surface area contributed by atoms with Crippen LogP contribution in [0, 0.1) is 17.8 Å². The average Bonchev–Trinajstić information content (AvgIpc) is 2.83. The number of carbonyl (C=O) groups excluding carboxylic acids is 3. The van der Waals surface area contributed by atoms with Crippen molar-refractivity contribution < 1.29 is 33.7 Å². The Morgan fingerprint density at radius 2 is 1.86 bits per heavy atom. The van der Waals surface area contributed by atoms with Crippen molar-refractivity contribution in [3.63, 3.8) is 0 Å². The molecular weight excluding hydrogens is 474 g/mol. The van der Waals surface area contributed by atoms with E-state index in [9.17, 15) is 19.5 Å². The molecular formula is C29H47NO7. The molecule has 0 saturated carbocycles. The largest absolute Gasteiger partial charge is 0.461 e. The number of aliphatic hydroxyl groups excluding tert-OH is 1. The van der Waals surface area contributed by atoms with Crippen LogP contribution in [0.1, 0.15) is 86.0 Å². The fraction of sp³-hybridized carbons (Fsp3) is 0.690. The summed E-state index contributed by atoms with van der Waals surface area (Å²) in [5.74, 6) is -0.869. The number of aliphatic hydroxyl groups is 1. The van der Waals surface area contributed by atoms with Crippen molar-refractivity contribution in [1.29, 1.82) is 0 Å². The highest BCUT2D eigenvalue weighted by molar-refractivity contribution is 5.73. The molecule has 1 aliphatic heterocycles. The number of primary amides is 1. The van der Waals surface area contributed by atoms with Gasteiger partial charge in [0.05, 0.1) is 12.0 Å². The minimum atomic E-state index is -0.927. The molecule has 0 aliphatic carbocycles. The molecule has 0 saturated heterocycles. The Kier molecular flexibility index (Phi) is 15.6. The van der Waals surface area contributed by atoms with Gasteiger partial charge in [0, 0.05) is 0 Å². The third kappa shape index (κ3) is 13.5. The van der Waals surface area contributed by atoms with Crippen LogP contribution < -0.4 is 5.73 Å². The second-order valence-electron chi connectivity index (χ2n) is 10.3. The molecule has 0 fully saturated rings. The second kappa shape index (κ2) is 17.8. The van der Waals surface area contributed by atoms with Crippen LogP contribution in [0.5, 0.6) is 0 Å². The van der Waals surface area contributed by atoms with Gasteiger partial charge in [-0.3, -0.25) is 9.59 Å². The molecule has 1 aliphatic rings. The van der Waals surface area contributed by atoms with Crippen molar-refractivity contribution in [1.82, 2.24) is 0 Å². The zero-order chi connectivity index (χ0) is 27.8. The van der Waals surface area contributed by atoms with Gasteiger partial charge in [-0.05, 0) is 83.1 Å². The number of carbonyl (C=O) groups is 3. The van der Waals surface area contributed by atoms with Gasteiger partial charge in [0.2, 0.25) is 0 Å². The molecule has 0 spiro atoms. The molecule has 7 atom stereocenters. The van der Waals surface area contributed by atoms with Crippen LogP contribution in [0.2, 0.25) is 0 Å². The molecule has 0 aromatic rings. The molecule has 37 heavy (non-hydrogen) atoms. The molecule has 1 rings (SSSR count). The highest BCUT2D eigenvalue weighted by Crippen LogP contribution is 2.25. The minimum Gasteiger partial charge on any atom is -0.461 e. The first-order valence-corrected chi connectivity index (χ1v) is 13.5. The fourth-order valence-corrected chi connectivity index (χ4v) is 4.48. The van der Waals surface area contributed by atoms with E-state index >= 15 is 0 Å². The minimum absolute atomic E-state index is 0.0111. The topological polar surface area (TPSA) is 125 Å². The maximum absolute atomic E-state index is 13.0. The number of amides is 1. The third-order valence-corrected chi connectivity index (χ3v) is 6.74. The fourth-order valence-electron chi connectivity index (χ4n) is 4.48. The Morgan fingerprint density at radius 1 is 1.14 bits per heavy atom. The molecule has 1 heterocycles. The van der Waals surface area contributed by atoms with E-state index in [4.69, 9.17) is 19.9 Å². The van der Waals surface area contributed by atoms with Crippen LogP contribution in [0.3, 0.4) is 0 Å². The summed E-state index contributed by atoms with van der Waals surface area (Å²) in [6.07, 6.45) is 11.5. The number of nitrogens with two attached hydrogens (primary N) is 1. The van der Waals surface area contributed by atoms with Crippen molar-refractivity contribution in [2.45, 2.75) is 110 Å². The number of hydrogen-bond acceptors (Lipinski definition) is 7. The lowest BCUT2D eigenvalue weighted by Crippen LogP contribution is -2.36. The molecule has 0 aromatic heterocycles.